The van der Waals surface area contributed by atoms with Gasteiger partial charge in [0.1, 0.15) is 0 Å². The summed E-state index contributed by atoms with van der Waals surface area (Å²) in [5.74, 6) is 1.22. The molecular weight excluding hydrogens is 240 g/mol. The Hall–Kier alpha value is -1.88. The molecule has 1 aromatic carbocycles. The summed E-state index contributed by atoms with van der Waals surface area (Å²) in [4.78, 5) is 6.72. The van der Waals surface area contributed by atoms with Crippen LogP contribution in [0.3, 0.4) is 0 Å². The number of hydrogen-bond acceptors (Lipinski definition) is 5. The number of nitrogens with zero attached hydrogens (tertiary/aromatic N) is 3. The molecule has 19 heavy (non-hydrogen) atoms. The molecule has 5 nitrogen and oxygen atoms in total. The third kappa shape index (κ3) is 3.32. The van der Waals surface area contributed by atoms with Crippen molar-refractivity contribution in [3.63, 3.8) is 0 Å². The number of rotatable bonds is 6. The number of anilines is 1. The van der Waals surface area contributed by atoms with Gasteiger partial charge in [0.2, 0.25) is 0 Å². The van der Waals surface area contributed by atoms with Gasteiger partial charge in [-0.2, -0.15) is 4.98 Å². The van der Waals surface area contributed by atoms with E-state index in [1.807, 2.05) is 24.3 Å². The summed E-state index contributed by atoms with van der Waals surface area (Å²) in [7, 11) is 0. The first-order chi connectivity index (χ1) is 9.24. The maximum absolute atomic E-state index is 5.89. The maximum atomic E-state index is 5.89. The molecule has 2 rings (SSSR count). The summed E-state index contributed by atoms with van der Waals surface area (Å²) >= 11 is 0. The summed E-state index contributed by atoms with van der Waals surface area (Å²) in [6.45, 7) is 7.31. The van der Waals surface area contributed by atoms with E-state index in [4.69, 9.17) is 10.3 Å². The quantitative estimate of drug-likeness (QED) is 0.806. The van der Waals surface area contributed by atoms with E-state index in [1.165, 1.54) is 0 Å². The number of aromatic nitrogens is 2. The van der Waals surface area contributed by atoms with E-state index >= 15 is 0 Å². The lowest BCUT2D eigenvalue weighted by Gasteiger charge is -2.16. The number of hydrogen-bond donors (Lipinski definition) is 1. The fraction of sp³-hybridized carbons (Fsp3) is 0.429. The number of benzene rings is 1. The molecule has 1 heterocycles. The molecule has 0 unspecified atom stereocenters. The highest BCUT2D eigenvalue weighted by atomic mass is 16.5. The number of nitrogens with two attached hydrogens (primary N) is 1. The van der Waals surface area contributed by atoms with Gasteiger partial charge < -0.3 is 15.2 Å². The van der Waals surface area contributed by atoms with Gasteiger partial charge in [-0.1, -0.05) is 31.1 Å². The van der Waals surface area contributed by atoms with Crippen molar-refractivity contribution in [1.29, 1.82) is 0 Å². The highest BCUT2D eigenvalue weighted by molar-refractivity contribution is 5.69. The molecule has 0 saturated heterocycles. The molecule has 0 saturated carbocycles. The second kappa shape index (κ2) is 6.33. The van der Waals surface area contributed by atoms with Crippen LogP contribution in [0.4, 0.5) is 5.69 Å². The fourth-order valence-corrected chi connectivity index (χ4v) is 1.95. The van der Waals surface area contributed by atoms with Crippen LogP contribution in [0.5, 0.6) is 0 Å². The Morgan fingerprint density at radius 3 is 2.63 bits per heavy atom. The summed E-state index contributed by atoms with van der Waals surface area (Å²) in [6, 6.07) is 7.51. The van der Waals surface area contributed by atoms with Gasteiger partial charge in [0.15, 0.2) is 5.82 Å². The second-order valence-electron chi connectivity index (χ2n) is 4.38. The van der Waals surface area contributed by atoms with Gasteiger partial charge in [0.25, 0.3) is 5.89 Å². The van der Waals surface area contributed by atoms with E-state index in [0.717, 1.165) is 37.4 Å². The van der Waals surface area contributed by atoms with E-state index in [-0.39, 0.29) is 0 Å². The molecule has 5 heteroatoms. The summed E-state index contributed by atoms with van der Waals surface area (Å²) < 4.78 is 5.27. The van der Waals surface area contributed by atoms with Crippen molar-refractivity contribution in [3.05, 3.63) is 30.1 Å². The Bertz CT molecular complexity index is 520. The largest absolute Gasteiger partial charge is 0.398 e. The lowest BCUT2D eigenvalue weighted by Crippen LogP contribution is -2.25. The Morgan fingerprint density at radius 1 is 1.21 bits per heavy atom. The van der Waals surface area contributed by atoms with Gasteiger partial charge in [-0.05, 0) is 25.2 Å². The average molecular weight is 260 g/mol. The fourth-order valence-electron chi connectivity index (χ4n) is 1.95. The van der Waals surface area contributed by atoms with Crippen LogP contribution in [0.2, 0.25) is 0 Å². The van der Waals surface area contributed by atoms with Gasteiger partial charge in [-0.3, -0.25) is 0 Å². The topological polar surface area (TPSA) is 68.2 Å². The van der Waals surface area contributed by atoms with Gasteiger partial charge in [-0.15, -0.1) is 0 Å². The Kier molecular flexibility index (Phi) is 4.52. The summed E-state index contributed by atoms with van der Waals surface area (Å²) in [5, 5.41) is 4.01. The molecule has 1 aromatic heterocycles. The van der Waals surface area contributed by atoms with E-state index in [1.54, 1.807) is 0 Å². The zero-order valence-electron chi connectivity index (χ0n) is 11.5. The van der Waals surface area contributed by atoms with Gasteiger partial charge in [0.05, 0.1) is 5.56 Å². The smallest absolute Gasteiger partial charge is 0.260 e. The normalized spacial score (nSPS) is 11.1. The first-order valence-corrected chi connectivity index (χ1v) is 6.64. The molecule has 0 spiro atoms. The summed E-state index contributed by atoms with van der Waals surface area (Å²) in [5.41, 5.74) is 7.34. The zero-order chi connectivity index (χ0) is 13.7. The molecule has 0 aliphatic carbocycles. The molecule has 0 bridgehead atoms. The standard InChI is InChI=1S/C14H20N4O/c1-3-18(4-2)10-9-13-16-14(19-17-13)11-7-5-6-8-12(11)15/h5-8H,3-4,9-10,15H2,1-2H3. The predicted molar refractivity (Wildman–Crippen MR) is 75.6 cm³/mol. The van der Waals surface area contributed by atoms with Crippen molar-refractivity contribution in [3.8, 4) is 11.5 Å². The third-order valence-electron chi connectivity index (χ3n) is 3.21. The van der Waals surface area contributed by atoms with E-state index in [9.17, 15) is 0 Å². The SMILES string of the molecule is CCN(CC)CCc1noc(-c2ccccc2N)n1. The Balaban J connectivity index is 2.05. The van der Waals surface area contributed by atoms with Crippen molar-refractivity contribution in [1.82, 2.24) is 15.0 Å². The van der Waals surface area contributed by atoms with Gasteiger partial charge in [0, 0.05) is 18.7 Å². The molecule has 0 fully saturated rings. The Morgan fingerprint density at radius 2 is 1.95 bits per heavy atom. The van der Waals surface area contributed by atoms with Gasteiger partial charge >= 0.3 is 0 Å². The maximum Gasteiger partial charge on any atom is 0.260 e. The van der Waals surface area contributed by atoms with Crippen LogP contribution in [0.15, 0.2) is 28.8 Å². The van der Waals surface area contributed by atoms with Crippen LogP contribution in [0.25, 0.3) is 11.5 Å². The van der Waals surface area contributed by atoms with Crippen LogP contribution in [0, 0.1) is 0 Å². The van der Waals surface area contributed by atoms with Gasteiger partial charge in [-0.25, -0.2) is 0 Å². The number of nitrogen functional groups attached to an aromatic ring is 1. The van der Waals surface area contributed by atoms with Crippen LogP contribution in [-0.4, -0.2) is 34.7 Å². The van der Waals surface area contributed by atoms with Crippen molar-refractivity contribution in [2.75, 3.05) is 25.4 Å². The molecule has 0 aliphatic heterocycles. The minimum Gasteiger partial charge on any atom is -0.398 e. The minimum atomic E-state index is 0.493. The molecule has 102 valence electrons. The molecule has 0 amide bonds. The van der Waals surface area contributed by atoms with Crippen LogP contribution in [0.1, 0.15) is 19.7 Å². The van der Waals surface area contributed by atoms with Crippen LogP contribution >= 0.6 is 0 Å². The monoisotopic (exact) mass is 260 g/mol. The second-order valence-corrected chi connectivity index (χ2v) is 4.38. The molecule has 0 atom stereocenters. The average Bonchev–Trinajstić information content (AvgIpc) is 2.89. The number of para-hydroxylation sites is 1. The van der Waals surface area contributed by atoms with Crippen molar-refractivity contribution < 1.29 is 4.52 Å². The van der Waals surface area contributed by atoms with Crippen molar-refractivity contribution in [2.45, 2.75) is 20.3 Å². The Labute approximate surface area is 113 Å². The minimum absolute atomic E-state index is 0.493. The third-order valence-corrected chi connectivity index (χ3v) is 3.21. The van der Waals surface area contributed by atoms with E-state index < -0.39 is 0 Å². The van der Waals surface area contributed by atoms with Crippen molar-refractivity contribution >= 4 is 5.69 Å². The zero-order valence-corrected chi connectivity index (χ0v) is 11.5. The van der Waals surface area contributed by atoms with E-state index in [2.05, 4.69) is 28.9 Å². The highest BCUT2D eigenvalue weighted by Crippen LogP contribution is 2.23. The van der Waals surface area contributed by atoms with Crippen LogP contribution < -0.4 is 5.73 Å². The molecule has 0 aliphatic rings. The molecule has 2 aromatic rings. The molecule has 2 N–H and O–H groups in total. The predicted octanol–water partition coefficient (Wildman–Crippen LogP) is 2.20. The lowest BCUT2D eigenvalue weighted by atomic mass is 10.2. The van der Waals surface area contributed by atoms with E-state index in [0.29, 0.717) is 11.6 Å². The first kappa shape index (κ1) is 13.5. The lowest BCUT2D eigenvalue weighted by molar-refractivity contribution is 0.303. The molecule has 0 radical (unpaired) electrons. The first-order valence-electron chi connectivity index (χ1n) is 6.64. The molecular formula is C14H20N4O. The van der Waals surface area contributed by atoms with Crippen molar-refractivity contribution in [2.24, 2.45) is 0 Å². The highest BCUT2D eigenvalue weighted by Gasteiger charge is 2.11. The number of likely N-dealkylation sites (N-methyl/N-ethyl adjacent to an activating group) is 1. The van der Waals surface area contributed by atoms with Crippen LogP contribution in [-0.2, 0) is 6.42 Å². The summed E-state index contributed by atoms with van der Waals surface area (Å²) in [6.07, 6.45) is 0.790.